The van der Waals surface area contributed by atoms with Crippen LogP contribution in [0.4, 0.5) is 0 Å². The number of hydrogen-bond donors (Lipinski definition) is 1. The van der Waals surface area contributed by atoms with Crippen LogP contribution < -0.4 is 5.56 Å². The summed E-state index contributed by atoms with van der Waals surface area (Å²) in [6.45, 7) is 2.06. The molecule has 0 bridgehead atoms. The molecule has 1 aliphatic carbocycles. The molecule has 7 nitrogen and oxygen atoms in total. The molecule has 0 saturated heterocycles. The molecule has 1 fully saturated rings. The van der Waals surface area contributed by atoms with Gasteiger partial charge in [-0.25, -0.2) is 4.98 Å². The van der Waals surface area contributed by atoms with Gasteiger partial charge in [0.15, 0.2) is 17.5 Å². The first-order valence-electron chi connectivity index (χ1n) is 8.94. The first kappa shape index (κ1) is 14.7. The Morgan fingerprint density at radius 1 is 1.22 bits per heavy atom. The Kier molecular flexibility index (Phi) is 2.73. The first-order valence-corrected chi connectivity index (χ1v) is 8.94. The Morgan fingerprint density at radius 2 is 2.11 bits per heavy atom. The normalized spacial score (nSPS) is 14.6. The molecule has 1 N–H and O–H groups in total. The maximum Gasteiger partial charge on any atom is 0.281 e. The molecule has 0 atom stereocenters. The number of pyridine rings is 1. The Hall–Kier alpha value is -3.48. The number of aromatic amines is 1. The van der Waals surface area contributed by atoms with Gasteiger partial charge in [-0.1, -0.05) is 17.3 Å². The standard InChI is InChI=1S/C20H15N5O2/c1-10-13(11-2-7-15-16(8-11)23-24-22-15)5-6-14-18(10)25(12-3-4-12)20(26)17-19(14)27-9-21-17/h2,5-9,12H,3-4H2,1H3,(H,22,23,24). The number of nitrogens with zero attached hydrogens (tertiary/aromatic N) is 4. The molecule has 0 spiro atoms. The molecule has 27 heavy (non-hydrogen) atoms. The molecule has 0 unspecified atom stereocenters. The van der Waals surface area contributed by atoms with Crippen LogP contribution in [-0.2, 0) is 0 Å². The summed E-state index contributed by atoms with van der Waals surface area (Å²) >= 11 is 0. The average molecular weight is 357 g/mol. The van der Waals surface area contributed by atoms with E-state index in [0.29, 0.717) is 11.1 Å². The van der Waals surface area contributed by atoms with Gasteiger partial charge in [-0.05, 0) is 54.7 Å². The van der Waals surface area contributed by atoms with E-state index >= 15 is 0 Å². The van der Waals surface area contributed by atoms with Crippen LogP contribution in [0, 0.1) is 6.92 Å². The van der Waals surface area contributed by atoms with E-state index in [1.54, 1.807) is 0 Å². The zero-order valence-electron chi connectivity index (χ0n) is 14.6. The summed E-state index contributed by atoms with van der Waals surface area (Å²) < 4.78 is 7.48. The number of oxazole rings is 1. The molecular formula is C20H15N5O2. The highest BCUT2D eigenvalue weighted by molar-refractivity contribution is 6.04. The lowest BCUT2D eigenvalue weighted by Gasteiger charge is -2.15. The molecule has 0 aliphatic heterocycles. The Labute approximate surface area is 152 Å². The smallest absolute Gasteiger partial charge is 0.281 e. The van der Waals surface area contributed by atoms with Crippen LogP contribution in [0.5, 0.6) is 0 Å². The van der Waals surface area contributed by atoms with Gasteiger partial charge in [-0.3, -0.25) is 9.89 Å². The van der Waals surface area contributed by atoms with Gasteiger partial charge in [0.2, 0.25) is 0 Å². The summed E-state index contributed by atoms with van der Waals surface area (Å²) in [5.74, 6) is 0. The number of rotatable bonds is 2. The highest BCUT2D eigenvalue weighted by atomic mass is 16.3. The van der Waals surface area contributed by atoms with Gasteiger partial charge < -0.3 is 8.98 Å². The van der Waals surface area contributed by atoms with Crippen LogP contribution in [0.2, 0.25) is 0 Å². The van der Waals surface area contributed by atoms with Gasteiger partial charge in [0.25, 0.3) is 5.56 Å². The Balaban J connectivity index is 1.73. The highest BCUT2D eigenvalue weighted by Crippen LogP contribution is 2.40. The van der Waals surface area contributed by atoms with Gasteiger partial charge >= 0.3 is 0 Å². The molecular weight excluding hydrogens is 342 g/mol. The molecule has 7 heteroatoms. The van der Waals surface area contributed by atoms with E-state index in [2.05, 4.69) is 33.4 Å². The number of hydrogen-bond acceptors (Lipinski definition) is 5. The van der Waals surface area contributed by atoms with Crippen molar-refractivity contribution in [2.45, 2.75) is 25.8 Å². The summed E-state index contributed by atoms with van der Waals surface area (Å²) in [4.78, 5) is 17.2. The second-order valence-corrected chi connectivity index (χ2v) is 7.11. The van der Waals surface area contributed by atoms with E-state index in [4.69, 9.17) is 4.42 Å². The van der Waals surface area contributed by atoms with Crippen LogP contribution in [-0.4, -0.2) is 25.0 Å². The largest absolute Gasteiger partial charge is 0.443 e. The summed E-state index contributed by atoms with van der Waals surface area (Å²) in [5, 5.41) is 11.8. The van der Waals surface area contributed by atoms with Crippen LogP contribution >= 0.6 is 0 Å². The van der Waals surface area contributed by atoms with Crippen molar-refractivity contribution < 1.29 is 4.42 Å². The van der Waals surface area contributed by atoms with E-state index in [1.807, 2.05) is 28.8 Å². The second-order valence-electron chi connectivity index (χ2n) is 7.11. The van der Waals surface area contributed by atoms with Gasteiger partial charge in [0.05, 0.1) is 11.0 Å². The van der Waals surface area contributed by atoms with Crippen molar-refractivity contribution in [3.63, 3.8) is 0 Å². The van der Waals surface area contributed by atoms with E-state index in [0.717, 1.165) is 51.5 Å². The molecule has 5 aromatic rings. The molecule has 3 heterocycles. The minimum absolute atomic E-state index is 0.0686. The molecule has 132 valence electrons. The molecule has 1 aliphatic rings. The van der Waals surface area contributed by atoms with Crippen molar-refractivity contribution in [1.82, 2.24) is 25.0 Å². The van der Waals surface area contributed by atoms with Crippen molar-refractivity contribution >= 4 is 33.0 Å². The second kappa shape index (κ2) is 5.03. The third-order valence-corrected chi connectivity index (χ3v) is 5.45. The van der Waals surface area contributed by atoms with Crippen molar-refractivity contribution in [3.05, 3.63) is 52.6 Å². The fraction of sp³-hybridized carbons (Fsp3) is 0.200. The lowest BCUT2D eigenvalue weighted by atomic mass is 9.96. The van der Waals surface area contributed by atoms with Crippen LogP contribution in [0.1, 0.15) is 24.4 Å². The maximum atomic E-state index is 13.0. The maximum absolute atomic E-state index is 13.0. The van der Waals surface area contributed by atoms with Crippen molar-refractivity contribution in [1.29, 1.82) is 0 Å². The van der Waals surface area contributed by atoms with E-state index in [-0.39, 0.29) is 11.6 Å². The zero-order chi connectivity index (χ0) is 18.1. The van der Waals surface area contributed by atoms with Crippen molar-refractivity contribution in [2.75, 3.05) is 0 Å². The number of H-pyrrole nitrogens is 1. The number of aryl methyl sites for hydroxylation is 1. The fourth-order valence-electron chi connectivity index (χ4n) is 4.00. The molecule has 0 radical (unpaired) electrons. The number of fused-ring (bicyclic) bond motifs is 4. The molecule has 3 aromatic heterocycles. The van der Waals surface area contributed by atoms with Gasteiger partial charge in [0.1, 0.15) is 5.52 Å². The fourth-order valence-corrected chi connectivity index (χ4v) is 4.00. The summed E-state index contributed by atoms with van der Waals surface area (Å²) in [5.41, 5.74) is 6.72. The van der Waals surface area contributed by atoms with Crippen LogP contribution in [0.25, 0.3) is 44.2 Å². The Bertz CT molecular complexity index is 1420. The Morgan fingerprint density at radius 3 is 2.96 bits per heavy atom. The first-order chi connectivity index (χ1) is 13.2. The summed E-state index contributed by atoms with van der Waals surface area (Å²) in [7, 11) is 0. The molecule has 2 aromatic carbocycles. The predicted octanol–water partition coefficient (Wildman–Crippen LogP) is 3.72. The molecule has 1 saturated carbocycles. The van der Waals surface area contributed by atoms with Gasteiger partial charge in [-0.15, -0.1) is 5.10 Å². The van der Waals surface area contributed by atoms with Crippen LogP contribution in [0.15, 0.2) is 45.9 Å². The predicted molar refractivity (Wildman–Crippen MR) is 102 cm³/mol. The molecule has 6 rings (SSSR count). The lowest BCUT2D eigenvalue weighted by molar-refractivity contribution is 0.604. The monoisotopic (exact) mass is 357 g/mol. The van der Waals surface area contributed by atoms with E-state index < -0.39 is 0 Å². The van der Waals surface area contributed by atoms with Crippen LogP contribution in [0.3, 0.4) is 0 Å². The van der Waals surface area contributed by atoms with Crippen molar-refractivity contribution in [2.24, 2.45) is 0 Å². The number of aromatic nitrogens is 5. The van der Waals surface area contributed by atoms with E-state index in [9.17, 15) is 4.79 Å². The summed E-state index contributed by atoms with van der Waals surface area (Å²) in [6, 6.07) is 10.4. The van der Waals surface area contributed by atoms with Gasteiger partial charge in [0, 0.05) is 11.4 Å². The highest BCUT2D eigenvalue weighted by Gasteiger charge is 2.29. The zero-order valence-corrected chi connectivity index (χ0v) is 14.6. The SMILES string of the molecule is Cc1c(-c2ccc3[nH]nnc3c2)ccc2c3ocnc3c(=O)n(C3CC3)c12. The lowest BCUT2D eigenvalue weighted by Crippen LogP contribution is -2.20. The minimum Gasteiger partial charge on any atom is -0.443 e. The quantitative estimate of drug-likeness (QED) is 0.520. The third-order valence-electron chi connectivity index (χ3n) is 5.45. The van der Waals surface area contributed by atoms with Crippen molar-refractivity contribution in [3.8, 4) is 11.1 Å². The van der Waals surface area contributed by atoms with Gasteiger partial charge in [-0.2, -0.15) is 0 Å². The third kappa shape index (κ3) is 1.96. The summed E-state index contributed by atoms with van der Waals surface area (Å²) in [6.07, 6.45) is 3.39. The average Bonchev–Trinajstić information content (AvgIpc) is 3.19. The number of nitrogens with one attached hydrogen (secondary N) is 1. The minimum atomic E-state index is -0.0686. The number of benzene rings is 2. The van der Waals surface area contributed by atoms with E-state index in [1.165, 1.54) is 6.39 Å². The topological polar surface area (TPSA) is 89.6 Å². The molecule has 0 amide bonds.